The van der Waals surface area contributed by atoms with Crippen molar-refractivity contribution in [3.8, 4) is 0 Å². The van der Waals surface area contributed by atoms with E-state index in [1.165, 1.54) is 18.2 Å². The van der Waals surface area contributed by atoms with E-state index in [-0.39, 0.29) is 29.5 Å². The number of hydrogen-bond donors (Lipinski definition) is 2. The molecule has 0 aliphatic rings. The second kappa shape index (κ2) is 6.96. The van der Waals surface area contributed by atoms with Gasteiger partial charge in [-0.3, -0.25) is 9.59 Å². The van der Waals surface area contributed by atoms with E-state index in [9.17, 15) is 14.0 Å². The van der Waals surface area contributed by atoms with Gasteiger partial charge in [-0.25, -0.2) is 4.39 Å². The van der Waals surface area contributed by atoms with Crippen LogP contribution in [0.2, 0.25) is 5.02 Å². The molecule has 0 fully saturated rings. The maximum atomic E-state index is 13.4. The van der Waals surface area contributed by atoms with Gasteiger partial charge in [0.2, 0.25) is 5.91 Å². The van der Waals surface area contributed by atoms with E-state index in [0.717, 1.165) is 0 Å². The number of carbonyl (C=O) groups excluding carboxylic acids is 1. The van der Waals surface area contributed by atoms with Crippen LogP contribution in [-0.4, -0.2) is 17.0 Å². The molecule has 0 bridgehead atoms. The largest absolute Gasteiger partial charge is 0.481 e. The molecule has 0 atom stereocenters. The number of unbranched alkanes of at least 4 members (excludes halogenated alkanes) is 1. The molecule has 4 nitrogen and oxygen atoms in total. The molecule has 0 heterocycles. The molecule has 98 valence electrons. The first-order valence-electron chi connectivity index (χ1n) is 5.46. The fourth-order valence-corrected chi connectivity index (χ4v) is 1.55. The van der Waals surface area contributed by atoms with Gasteiger partial charge in [-0.05, 0) is 25.0 Å². The quantitative estimate of drug-likeness (QED) is 0.783. The molecule has 0 spiro atoms. The smallest absolute Gasteiger partial charge is 0.303 e. The second-order valence-corrected chi connectivity index (χ2v) is 4.16. The lowest BCUT2D eigenvalue weighted by Crippen LogP contribution is -2.12. The predicted molar refractivity (Wildman–Crippen MR) is 66.1 cm³/mol. The highest BCUT2D eigenvalue weighted by Crippen LogP contribution is 2.22. The van der Waals surface area contributed by atoms with Crippen LogP contribution in [0.5, 0.6) is 0 Å². The summed E-state index contributed by atoms with van der Waals surface area (Å²) < 4.78 is 13.4. The van der Waals surface area contributed by atoms with E-state index >= 15 is 0 Å². The summed E-state index contributed by atoms with van der Waals surface area (Å²) in [5.41, 5.74) is 0.0331. The van der Waals surface area contributed by atoms with Crippen molar-refractivity contribution in [2.75, 3.05) is 5.32 Å². The Bertz CT molecular complexity index is 451. The molecule has 0 aliphatic carbocycles. The fraction of sp³-hybridized carbons (Fsp3) is 0.333. The van der Waals surface area contributed by atoms with Gasteiger partial charge in [-0.2, -0.15) is 0 Å². The average Bonchev–Trinajstić information content (AvgIpc) is 2.30. The number of carboxylic acid groups (broad SMARTS) is 1. The summed E-state index contributed by atoms with van der Waals surface area (Å²) >= 11 is 5.57. The molecule has 1 aromatic carbocycles. The minimum atomic E-state index is -0.892. The van der Waals surface area contributed by atoms with Gasteiger partial charge >= 0.3 is 5.97 Å². The van der Waals surface area contributed by atoms with Gasteiger partial charge in [0.05, 0.1) is 10.7 Å². The van der Waals surface area contributed by atoms with Crippen molar-refractivity contribution in [2.45, 2.75) is 25.7 Å². The molecule has 0 aliphatic heterocycles. The Kier molecular flexibility index (Phi) is 5.58. The van der Waals surface area contributed by atoms with Crippen LogP contribution >= 0.6 is 11.6 Å². The third kappa shape index (κ3) is 4.71. The van der Waals surface area contributed by atoms with Gasteiger partial charge in [-0.15, -0.1) is 0 Å². The van der Waals surface area contributed by atoms with Crippen molar-refractivity contribution in [3.05, 3.63) is 29.0 Å². The lowest BCUT2D eigenvalue weighted by atomic mass is 10.2. The molecule has 0 radical (unpaired) electrons. The van der Waals surface area contributed by atoms with Crippen molar-refractivity contribution in [2.24, 2.45) is 0 Å². The van der Waals surface area contributed by atoms with E-state index in [4.69, 9.17) is 16.7 Å². The van der Waals surface area contributed by atoms with E-state index in [0.29, 0.717) is 12.8 Å². The molecule has 2 N–H and O–H groups in total. The summed E-state index contributed by atoms with van der Waals surface area (Å²) in [5, 5.41) is 10.8. The van der Waals surface area contributed by atoms with Crippen LogP contribution < -0.4 is 5.32 Å². The van der Waals surface area contributed by atoms with Gasteiger partial charge < -0.3 is 10.4 Å². The van der Waals surface area contributed by atoms with Gasteiger partial charge in [0.25, 0.3) is 0 Å². The summed E-state index contributed by atoms with van der Waals surface area (Å²) in [6.07, 6.45) is 1.04. The summed E-state index contributed by atoms with van der Waals surface area (Å²) in [7, 11) is 0. The number of nitrogens with one attached hydrogen (secondary N) is 1. The number of carboxylic acids is 1. The minimum Gasteiger partial charge on any atom is -0.481 e. The van der Waals surface area contributed by atoms with Crippen LogP contribution in [0, 0.1) is 5.82 Å². The van der Waals surface area contributed by atoms with Crippen LogP contribution in [0.3, 0.4) is 0 Å². The zero-order valence-corrected chi connectivity index (χ0v) is 10.3. The van der Waals surface area contributed by atoms with Crippen LogP contribution in [0.4, 0.5) is 10.1 Å². The third-order valence-electron chi connectivity index (χ3n) is 2.27. The van der Waals surface area contributed by atoms with E-state index in [1.807, 2.05) is 0 Å². The van der Waals surface area contributed by atoms with Gasteiger partial charge in [0.15, 0.2) is 5.82 Å². The molecule has 6 heteroatoms. The topological polar surface area (TPSA) is 66.4 Å². The van der Waals surface area contributed by atoms with E-state index < -0.39 is 11.8 Å². The SMILES string of the molecule is O=C(O)CCCCC(=O)Nc1cccc(Cl)c1F. The molecule has 1 rings (SSSR count). The summed E-state index contributed by atoms with van der Waals surface area (Å²) in [4.78, 5) is 21.7. The van der Waals surface area contributed by atoms with Crippen molar-refractivity contribution in [3.63, 3.8) is 0 Å². The first-order chi connectivity index (χ1) is 8.50. The maximum absolute atomic E-state index is 13.4. The standard InChI is InChI=1S/C12H13ClFNO3/c13-8-4-3-5-9(12(8)14)15-10(16)6-1-2-7-11(17)18/h3-5H,1-2,6-7H2,(H,15,16)(H,17,18). The number of halogens is 2. The average molecular weight is 274 g/mol. The number of aliphatic carboxylic acids is 1. The Hall–Kier alpha value is -1.62. The third-order valence-corrected chi connectivity index (χ3v) is 2.56. The number of hydrogen-bond acceptors (Lipinski definition) is 2. The van der Waals surface area contributed by atoms with E-state index in [2.05, 4.69) is 5.32 Å². The first kappa shape index (κ1) is 14.4. The highest BCUT2D eigenvalue weighted by molar-refractivity contribution is 6.31. The number of anilines is 1. The van der Waals surface area contributed by atoms with Gasteiger partial charge in [0.1, 0.15) is 0 Å². The summed E-state index contributed by atoms with van der Waals surface area (Å²) in [5.74, 6) is -1.92. The fourth-order valence-electron chi connectivity index (χ4n) is 1.37. The van der Waals surface area contributed by atoms with Crippen molar-refractivity contribution >= 4 is 29.2 Å². The van der Waals surface area contributed by atoms with Crippen LogP contribution in [0.1, 0.15) is 25.7 Å². The Labute approximate surface area is 109 Å². The molecule has 1 amide bonds. The minimum absolute atomic E-state index is 0.0266. The zero-order valence-electron chi connectivity index (χ0n) is 9.58. The Morgan fingerprint density at radius 3 is 2.61 bits per heavy atom. The van der Waals surface area contributed by atoms with Crippen LogP contribution in [0.15, 0.2) is 18.2 Å². The number of amides is 1. The molecular weight excluding hydrogens is 261 g/mol. The zero-order chi connectivity index (χ0) is 13.5. The number of rotatable bonds is 6. The van der Waals surface area contributed by atoms with E-state index in [1.54, 1.807) is 0 Å². The number of carbonyl (C=O) groups is 2. The Morgan fingerprint density at radius 2 is 1.94 bits per heavy atom. The van der Waals surface area contributed by atoms with Gasteiger partial charge in [0, 0.05) is 12.8 Å². The van der Waals surface area contributed by atoms with Crippen molar-refractivity contribution in [1.82, 2.24) is 0 Å². The second-order valence-electron chi connectivity index (χ2n) is 3.75. The Morgan fingerprint density at radius 1 is 1.28 bits per heavy atom. The Balaban J connectivity index is 2.40. The van der Waals surface area contributed by atoms with Crippen molar-refractivity contribution < 1.29 is 19.1 Å². The predicted octanol–water partition coefficient (Wildman–Crippen LogP) is 3.06. The monoisotopic (exact) mass is 273 g/mol. The molecule has 1 aromatic rings. The van der Waals surface area contributed by atoms with Crippen molar-refractivity contribution in [1.29, 1.82) is 0 Å². The van der Waals surface area contributed by atoms with Gasteiger partial charge in [-0.1, -0.05) is 17.7 Å². The molecule has 0 aromatic heterocycles. The molecule has 0 saturated heterocycles. The summed E-state index contributed by atoms with van der Waals surface area (Å²) in [6, 6.07) is 4.33. The molecular formula is C12H13ClFNO3. The lowest BCUT2D eigenvalue weighted by Gasteiger charge is -2.06. The maximum Gasteiger partial charge on any atom is 0.303 e. The molecule has 0 saturated carbocycles. The highest BCUT2D eigenvalue weighted by atomic mass is 35.5. The molecule has 18 heavy (non-hydrogen) atoms. The molecule has 0 unspecified atom stereocenters. The number of benzene rings is 1. The first-order valence-corrected chi connectivity index (χ1v) is 5.84. The lowest BCUT2D eigenvalue weighted by molar-refractivity contribution is -0.137. The normalized spacial score (nSPS) is 10.1. The van der Waals surface area contributed by atoms with Crippen LogP contribution in [0.25, 0.3) is 0 Å². The van der Waals surface area contributed by atoms with Crippen LogP contribution in [-0.2, 0) is 9.59 Å². The highest BCUT2D eigenvalue weighted by Gasteiger charge is 2.09. The summed E-state index contributed by atoms with van der Waals surface area (Å²) in [6.45, 7) is 0.